The number of esters is 1. The summed E-state index contributed by atoms with van der Waals surface area (Å²) in [5, 5.41) is 3.20. The molecule has 2 aromatic carbocycles. The van der Waals surface area contributed by atoms with E-state index in [-0.39, 0.29) is 5.97 Å². The average Bonchev–Trinajstić information content (AvgIpc) is 2.52. The van der Waals surface area contributed by atoms with Crippen molar-refractivity contribution in [3.8, 4) is 11.5 Å². The Bertz CT molecular complexity index is 569. The molecule has 0 aliphatic rings. The van der Waals surface area contributed by atoms with Crippen molar-refractivity contribution in [2.45, 2.75) is 13.0 Å². The second-order valence-electron chi connectivity index (χ2n) is 4.57. The van der Waals surface area contributed by atoms with E-state index in [0.717, 1.165) is 17.1 Å². The molecule has 21 heavy (non-hydrogen) atoms. The number of benzene rings is 2. The highest BCUT2D eigenvalue weighted by atomic mass is 16.5. The fraction of sp³-hybridized carbons (Fsp3) is 0.235. The van der Waals surface area contributed by atoms with Crippen LogP contribution in [0.4, 0.5) is 0 Å². The number of methoxy groups -OCH3 is 1. The molecule has 0 spiro atoms. The van der Waals surface area contributed by atoms with Gasteiger partial charge in [0.2, 0.25) is 0 Å². The number of ether oxygens (including phenoxy) is 2. The molecule has 110 valence electrons. The van der Waals surface area contributed by atoms with Crippen molar-refractivity contribution in [3.05, 3.63) is 60.2 Å². The van der Waals surface area contributed by atoms with E-state index >= 15 is 0 Å². The molecule has 1 N–H and O–H groups in total. The third-order valence-electron chi connectivity index (χ3n) is 2.94. The minimum Gasteiger partial charge on any atom is -0.469 e. The fourth-order valence-electron chi connectivity index (χ4n) is 1.87. The first-order valence-corrected chi connectivity index (χ1v) is 6.87. The van der Waals surface area contributed by atoms with Crippen molar-refractivity contribution in [1.82, 2.24) is 5.32 Å². The molecule has 0 atom stereocenters. The topological polar surface area (TPSA) is 47.6 Å². The first kappa shape index (κ1) is 15.1. The molecule has 2 aromatic rings. The van der Waals surface area contributed by atoms with Gasteiger partial charge in [0.15, 0.2) is 0 Å². The molecule has 0 unspecified atom stereocenters. The Balaban J connectivity index is 1.85. The van der Waals surface area contributed by atoms with E-state index in [9.17, 15) is 4.79 Å². The molecule has 0 bridgehead atoms. The van der Waals surface area contributed by atoms with Crippen molar-refractivity contribution in [1.29, 1.82) is 0 Å². The lowest BCUT2D eigenvalue weighted by Gasteiger charge is -2.08. The van der Waals surface area contributed by atoms with Gasteiger partial charge in [-0.15, -0.1) is 0 Å². The second kappa shape index (κ2) is 8.07. The van der Waals surface area contributed by atoms with Crippen LogP contribution in [-0.4, -0.2) is 19.6 Å². The highest BCUT2D eigenvalue weighted by Gasteiger charge is 2.01. The van der Waals surface area contributed by atoms with Gasteiger partial charge in [-0.05, 0) is 29.8 Å². The normalized spacial score (nSPS) is 10.1. The van der Waals surface area contributed by atoms with Gasteiger partial charge in [0, 0.05) is 13.1 Å². The Labute approximate surface area is 124 Å². The van der Waals surface area contributed by atoms with E-state index in [4.69, 9.17) is 4.74 Å². The summed E-state index contributed by atoms with van der Waals surface area (Å²) in [6, 6.07) is 17.5. The van der Waals surface area contributed by atoms with Gasteiger partial charge in [0.05, 0.1) is 13.5 Å². The van der Waals surface area contributed by atoms with Gasteiger partial charge in [0.1, 0.15) is 11.5 Å². The van der Waals surface area contributed by atoms with Gasteiger partial charge in [0.25, 0.3) is 0 Å². The van der Waals surface area contributed by atoms with Crippen molar-refractivity contribution in [2.24, 2.45) is 0 Å². The second-order valence-corrected chi connectivity index (χ2v) is 4.57. The van der Waals surface area contributed by atoms with Crippen molar-refractivity contribution >= 4 is 5.97 Å². The van der Waals surface area contributed by atoms with Crippen LogP contribution in [0, 0.1) is 0 Å². The van der Waals surface area contributed by atoms with E-state index in [1.54, 1.807) is 0 Å². The van der Waals surface area contributed by atoms with Gasteiger partial charge in [-0.1, -0.05) is 30.3 Å². The lowest BCUT2D eigenvalue weighted by molar-refractivity contribution is -0.140. The summed E-state index contributed by atoms with van der Waals surface area (Å²) in [7, 11) is 1.40. The van der Waals surface area contributed by atoms with Crippen LogP contribution in [-0.2, 0) is 16.1 Å². The number of hydrogen-bond donors (Lipinski definition) is 1. The van der Waals surface area contributed by atoms with Gasteiger partial charge >= 0.3 is 5.97 Å². The molecule has 0 aromatic heterocycles. The molecule has 0 amide bonds. The van der Waals surface area contributed by atoms with Crippen LogP contribution in [0.2, 0.25) is 0 Å². The summed E-state index contributed by atoms with van der Waals surface area (Å²) in [4.78, 5) is 11.0. The lowest BCUT2D eigenvalue weighted by Crippen LogP contribution is -2.18. The van der Waals surface area contributed by atoms with Crippen LogP contribution in [0.3, 0.4) is 0 Å². The number of para-hydroxylation sites is 1. The molecule has 2 rings (SSSR count). The molecule has 0 aliphatic carbocycles. The van der Waals surface area contributed by atoms with Crippen molar-refractivity contribution in [3.63, 3.8) is 0 Å². The zero-order chi connectivity index (χ0) is 14.9. The van der Waals surface area contributed by atoms with Crippen molar-refractivity contribution < 1.29 is 14.3 Å². The van der Waals surface area contributed by atoms with Gasteiger partial charge in [-0.25, -0.2) is 0 Å². The maximum absolute atomic E-state index is 11.0. The highest BCUT2D eigenvalue weighted by Crippen LogP contribution is 2.21. The van der Waals surface area contributed by atoms with Crippen molar-refractivity contribution in [2.75, 3.05) is 13.7 Å². The minimum atomic E-state index is -0.205. The third-order valence-corrected chi connectivity index (χ3v) is 2.94. The van der Waals surface area contributed by atoms with Crippen LogP contribution >= 0.6 is 0 Å². The first-order valence-electron chi connectivity index (χ1n) is 6.87. The van der Waals surface area contributed by atoms with E-state index < -0.39 is 0 Å². The zero-order valence-electron chi connectivity index (χ0n) is 12.0. The van der Waals surface area contributed by atoms with E-state index in [0.29, 0.717) is 19.5 Å². The predicted octanol–water partition coefficient (Wildman–Crippen LogP) is 3.13. The van der Waals surface area contributed by atoms with Crippen LogP contribution < -0.4 is 10.1 Å². The third kappa shape index (κ3) is 5.28. The zero-order valence-corrected chi connectivity index (χ0v) is 12.0. The number of rotatable bonds is 7. The summed E-state index contributed by atoms with van der Waals surface area (Å²) < 4.78 is 10.4. The van der Waals surface area contributed by atoms with Crippen LogP contribution in [0.15, 0.2) is 54.6 Å². The summed E-state index contributed by atoms with van der Waals surface area (Å²) in [6.45, 7) is 1.28. The van der Waals surface area contributed by atoms with Gasteiger partial charge in [-0.2, -0.15) is 0 Å². The standard InChI is InChI=1S/C17H19NO3/c1-20-17(19)10-11-18-13-14-6-5-9-16(12-14)21-15-7-3-2-4-8-15/h2-9,12,18H,10-11,13H2,1H3. The summed E-state index contributed by atoms with van der Waals surface area (Å²) >= 11 is 0. The minimum absolute atomic E-state index is 0.205. The number of nitrogens with one attached hydrogen (secondary N) is 1. The van der Waals surface area contributed by atoms with Crippen LogP contribution in [0.1, 0.15) is 12.0 Å². The molecule has 0 fully saturated rings. The van der Waals surface area contributed by atoms with Gasteiger partial charge in [-0.3, -0.25) is 4.79 Å². The van der Waals surface area contributed by atoms with E-state index in [1.165, 1.54) is 7.11 Å². The Morgan fingerprint density at radius 1 is 1.05 bits per heavy atom. The number of carbonyl (C=O) groups is 1. The summed E-state index contributed by atoms with van der Waals surface area (Å²) in [5.41, 5.74) is 1.10. The molecule has 4 heteroatoms. The Morgan fingerprint density at radius 3 is 2.57 bits per heavy atom. The molecule has 0 radical (unpaired) electrons. The Kier molecular flexibility index (Phi) is 5.79. The first-order chi connectivity index (χ1) is 10.3. The molecular formula is C17H19NO3. The quantitative estimate of drug-likeness (QED) is 0.627. The number of hydrogen-bond acceptors (Lipinski definition) is 4. The monoisotopic (exact) mass is 285 g/mol. The molecule has 0 saturated heterocycles. The lowest BCUT2D eigenvalue weighted by atomic mass is 10.2. The highest BCUT2D eigenvalue weighted by molar-refractivity contribution is 5.69. The van der Waals surface area contributed by atoms with Crippen LogP contribution in [0.5, 0.6) is 11.5 Å². The largest absolute Gasteiger partial charge is 0.469 e. The van der Waals surface area contributed by atoms with Crippen LogP contribution in [0.25, 0.3) is 0 Å². The maximum Gasteiger partial charge on any atom is 0.306 e. The SMILES string of the molecule is COC(=O)CCNCc1cccc(Oc2ccccc2)c1. The number of carbonyl (C=O) groups excluding carboxylic acids is 1. The average molecular weight is 285 g/mol. The molecule has 0 heterocycles. The van der Waals surface area contributed by atoms with Gasteiger partial charge < -0.3 is 14.8 Å². The Morgan fingerprint density at radius 2 is 1.81 bits per heavy atom. The van der Waals surface area contributed by atoms with E-state index in [1.807, 2.05) is 54.6 Å². The van der Waals surface area contributed by atoms with E-state index in [2.05, 4.69) is 10.1 Å². The molecule has 4 nitrogen and oxygen atoms in total. The Hall–Kier alpha value is -2.33. The fourth-order valence-corrected chi connectivity index (χ4v) is 1.87. The maximum atomic E-state index is 11.0. The summed E-state index contributed by atoms with van der Waals surface area (Å²) in [5.74, 6) is 1.41. The smallest absolute Gasteiger partial charge is 0.306 e. The molecule has 0 aliphatic heterocycles. The summed E-state index contributed by atoms with van der Waals surface area (Å²) in [6.07, 6.45) is 0.372. The molecular weight excluding hydrogens is 266 g/mol. The predicted molar refractivity (Wildman–Crippen MR) is 81.3 cm³/mol. The molecule has 0 saturated carbocycles.